The molecular formula is C34H39FN6O5S. The number of likely N-dealkylation sites (tertiary alicyclic amines) is 1. The van der Waals surface area contributed by atoms with Crippen molar-refractivity contribution in [2.75, 3.05) is 28.9 Å². The van der Waals surface area contributed by atoms with Crippen LogP contribution in [0.15, 0.2) is 54.9 Å². The predicted molar refractivity (Wildman–Crippen MR) is 179 cm³/mol. The van der Waals surface area contributed by atoms with Crippen molar-refractivity contribution >= 4 is 38.5 Å². The van der Waals surface area contributed by atoms with Crippen molar-refractivity contribution in [1.82, 2.24) is 19.9 Å². The molecule has 47 heavy (non-hydrogen) atoms. The van der Waals surface area contributed by atoms with E-state index in [1.165, 1.54) is 6.07 Å². The van der Waals surface area contributed by atoms with Gasteiger partial charge in [0.2, 0.25) is 21.9 Å². The number of ether oxygens (including phenoxy) is 2. The number of anilines is 2. The third kappa shape index (κ3) is 7.90. The van der Waals surface area contributed by atoms with Gasteiger partial charge in [0.15, 0.2) is 0 Å². The number of sulfonamides is 1. The Hall–Kier alpha value is -4.52. The summed E-state index contributed by atoms with van der Waals surface area (Å²) >= 11 is 0. The molecule has 1 amide bonds. The van der Waals surface area contributed by atoms with Gasteiger partial charge in [-0.15, -0.1) is 0 Å². The van der Waals surface area contributed by atoms with Gasteiger partial charge in [-0.2, -0.15) is 0 Å². The average molecular weight is 663 g/mol. The van der Waals surface area contributed by atoms with Crippen molar-refractivity contribution in [3.8, 4) is 22.9 Å². The topological polar surface area (TPSA) is 136 Å². The van der Waals surface area contributed by atoms with Crippen LogP contribution in [0.3, 0.4) is 0 Å². The number of carbonyl (C=O) groups excluding carboxylic acids is 1. The maximum Gasteiger partial charge on any atom is 0.410 e. The maximum atomic E-state index is 15.1. The van der Waals surface area contributed by atoms with E-state index in [1.54, 1.807) is 47.6 Å². The standard InChI is InChI=1S/C34H39FN6O5S/c1-21-9-12-24-25(13-14-27(35)29(24)40-47(43,44)20-22-10-11-22)30(21)45-31-26(8-5-16-36-31)28-15-17-37-32(39-28)38-23-7-6-18-41(19-23)33(42)46-34(2,3)4/h5,8-9,12-17,22-23,40H,6-7,10-11,18-20H2,1-4H3,(H,37,38,39)/t23-/m0/s1. The van der Waals surface area contributed by atoms with E-state index in [1.807, 2.05) is 33.8 Å². The molecule has 0 unspecified atom stereocenters. The summed E-state index contributed by atoms with van der Waals surface area (Å²) in [6, 6.07) is 11.5. The lowest BCUT2D eigenvalue weighted by Gasteiger charge is -2.34. The molecule has 1 atom stereocenters. The number of aromatic nitrogens is 3. The largest absolute Gasteiger partial charge is 0.444 e. The highest BCUT2D eigenvalue weighted by Gasteiger charge is 2.30. The van der Waals surface area contributed by atoms with Gasteiger partial charge >= 0.3 is 6.09 Å². The first-order chi connectivity index (χ1) is 22.3. The van der Waals surface area contributed by atoms with Crippen LogP contribution < -0.4 is 14.8 Å². The van der Waals surface area contributed by atoms with Crippen LogP contribution in [-0.2, 0) is 14.8 Å². The van der Waals surface area contributed by atoms with E-state index in [0.717, 1.165) is 31.2 Å². The van der Waals surface area contributed by atoms with E-state index < -0.39 is 21.4 Å². The lowest BCUT2D eigenvalue weighted by atomic mass is 10.0. The molecule has 2 aromatic heterocycles. The summed E-state index contributed by atoms with van der Waals surface area (Å²) in [5.74, 6) is 0.491. The third-order valence-electron chi connectivity index (χ3n) is 8.01. The summed E-state index contributed by atoms with van der Waals surface area (Å²) in [7, 11) is -3.73. The number of hydrogen-bond donors (Lipinski definition) is 2. The number of nitrogens with one attached hydrogen (secondary N) is 2. The number of benzene rings is 2. The Balaban J connectivity index is 1.25. The summed E-state index contributed by atoms with van der Waals surface area (Å²) < 4.78 is 55.1. The smallest absolute Gasteiger partial charge is 0.410 e. The number of fused-ring (bicyclic) bond motifs is 1. The van der Waals surface area contributed by atoms with Crippen molar-refractivity contribution in [1.29, 1.82) is 0 Å². The van der Waals surface area contributed by atoms with Crippen molar-refractivity contribution < 1.29 is 27.1 Å². The zero-order valence-electron chi connectivity index (χ0n) is 26.9. The second kappa shape index (κ2) is 12.9. The van der Waals surface area contributed by atoms with E-state index >= 15 is 4.39 Å². The first kappa shape index (κ1) is 32.4. The van der Waals surface area contributed by atoms with Crippen LogP contribution in [0.4, 0.5) is 20.8 Å². The molecule has 248 valence electrons. The summed E-state index contributed by atoms with van der Waals surface area (Å²) in [6.45, 7) is 8.48. The van der Waals surface area contributed by atoms with Crippen molar-refractivity contribution in [3.63, 3.8) is 0 Å². The Morgan fingerprint density at radius 1 is 1.04 bits per heavy atom. The van der Waals surface area contributed by atoms with E-state index in [0.29, 0.717) is 46.8 Å². The molecule has 2 aromatic carbocycles. The molecule has 11 nitrogen and oxygen atoms in total. The average Bonchev–Trinajstić information content (AvgIpc) is 3.83. The van der Waals surface area contributed by atoms with Gasteiger partial charge in [-0.25, -0.2) is 32.6 Å². The Bertz CT molecular complexity index is 1910. The molecule has 4 aromatic rings. The normalized spacial score (nSPS) is 17.0. The van der Waals surface area contributed by atoms with Crippen LogP contribution in [0, 0.1) is 18.7 Å². The maximum absolute atomic E-state index is 15.1. The van der Waals surface area contributed by atoms with Crippen LogP contribution in [0.1, 0.15) is 52.0 Å². The van der Waals surface area contributed by atoms with Crippen LogP contribution >= 0.6 is 0 Å². The van der Waals surface area contributed by atoms with Crippen molar-refractivity contribution in [2.45, 2.75) is 65.0 Å². The molecule has 1 saturated carbocycles. The van der Waals surface area contributed by atoms with Gasteiger partial charge < -0.3 is 19.7 Å². The molecule has 2 fully saturated rings. The zero-order valence-corrected chi connectivity index (χ0v) is 27.7. The number of aryl methyl sites for hydroxylation is 1. The van der Waals surface area contributed by atoms with Crippen LogP contribution in [0.25, 0.3) is 22.0 Å². The highest BCUT2D eigenvalue weighted by atomic mass is 32.2. The molecule has 1 aliphatic heterocycles. The van der Waals surface area contributed by atoms with Gasteiger partial charge in [-0.3, -0.25) is 4.72 Å². The summed E-state index contributed by atoms with van der Waals surface area (Å²) in [5.41, 5.74) is 1.23. The van der Waals surface area contributed by atoms with Gasteiger partial charge in [0.25, 0.3) is 0 Å². The number of piperidine rings is 1. The first-order valence-corrected chi connectivity index (χ1v) is 17.4. The van der Waals surface area contributed by atoms with E-state index in [4.69, 9.17) is 14.5 Å². The number of nitrogens with zero attached hydrogens (tertiary/aromatic N) is 4. The fourth-order valence-corrected chi connectivity index (χ4v) is 7.16. The molecule has 2 aliphatic rings. The third-order valence-corrected chi connectivity index (χ3v) is 9.44. The minimum absolute atomic E-state index is 0.0339. The molecule has 0 spiro atoms. The molecule has 2 N–H and O–H groups in total. The molecule has 0 bridgehead atoms. The van der Waals surface area contributed by atoms with Gasteiger partial charge in [0.1, 0.15) is 17.2 Å². The number of pyridine rings is 1. The van der Waals surface area contributed by atoms with E-state index in [-0.39, 0.29) is 35.4 Å². The van der Waals surface area contributed by atoms with Gasteiger partial charge in [-0.05, 0) is 95.2 Å². The monoisotopic (exact) mass is 662 g/mol. The molecule has 0 radical (unpaired) electrons. The van der Waals surface area contributed by atoms with E-state index in [9.17, 15) is 13.2 Å². The SMILES string of the molecule is Cc1ccc2c(NS(=O)(=O)CC3CC3)c(F)ccc2c1Oc1ncccc1-c1ccnc(N[C@H]2CCCN(C(=O)OC(C)(C)C)C2)n1. The second-order valence-electron chi connectivity index (χ2n) is 13.2. The van der Waals surface area contributed by atoms with Gasteiger partial charge in [-0.1, -0.05) is 12.1 Å². The predicted octanol–water partition coefficient (Wildman–Crippen LogP) is 6.89. The lowest BCUT2D eigenvalue weighted by Crippen LogP contribution is -2.47. The molecule has 1 saturated heterocycles. The molecule has 1 aliphatic carbocycles. The molecule has 6 rings (SSSR count). The summed E-state index contributed by atoms with van der Waals surface area (Å²) in [4.78, 5) is 28.0. The second-order valence-corrected chi connectivity index (χ2v) is 15.0. The van der Waals surface area contributed by atoms with Gasteiger partial charge in [0.05, 0.1) is 22.7 Å². The van der Waals surface area contributed by atoms with Crippen LogP contribution in [-0.4, -0.2) is 64.8 Å². The summed E-state index contributed by atoms with van der Waals surface area (Å²) in [5, 5.41) is 4.27. The number of carbonyl (C=O) groups is 1. The fourth-order valence-electron chi connectivity index (χ4n) is 5.60. The summed E-state index contributed by atoms with van der Waals surface area (Å²) in [6.07, 6.45) is 6.28. The zero-order chi connectivity index (χ0) is 33.3. The van der Waals surface area contributed by atoms with Crippen LogP contribution in [0.2, 0.25) is 0 Å². The quantitative estimate of drug-likeness (QED) is 0.196. The lowest BCUT2D eigenvalue weighted by molar-refractivity contribution is 0.0206. The van der Waals surface area contributed by atoms with Crippen molar-refractivity contribution in [2.24, 2.45) is 5.92 Å². The Labute approximate surface area is 274 Å². The number of amides is 1. The number of hydrogen-bond acceptors (Lipinski definition) is 9. The van der Waals surface area contributed by atoms with Crippen molar-refractivity contribution in [3.05, 3.63) is 66.2 Å². The Kier molecular flexibility index (Phi) is 8.93. The highest BCUT2D eigenvalue weighted by molar-refractivity contribution is 7.92. The Morgan fingerprint density at radius 2 is 1.83 bits per heavy atom. The minimum atomic E-state index is -3.73. The molecule has 3 heterocycles. The first-order valence-electron chi connectivity index (χ1n) is 15.8. The highest BCUT2D eigenvalue weighted by Crippen LogP contribution is 2.40. The van der Waals surface area contributed by atoms with Gasteiger partial charge in [0, 0.05) is 42.3 Å². The number of rotatable bonds is 9. The molecular weight excluding hydrogens is 623 g/mol. The Morgan fingerprint density at radius 3 is 2.60 bits per heavy atom. The van der Waals surface area contributed by atoms with E-state index in [2.05, 4.69) is 20.0 Å². The van der Waals surface area contributed by atoms with Crippen LogP contribution in [0.5, 0.6) is 11.6 Å². The molecule has 13 heteroatoms. The number of halogens is 1. The fraction of sp³-hybridized carbons (Fsp3) is 0.412. The minimum Gasteiger partial charge on any atom is -0.444 e.